The SMILES string of the molecule is Cc1ccc2c(c1)C(O)(C1CCOCC1)CC2. The summed E-state index contributed by atoms with van der Waals surface area (Å²) in [6.45, 7) is 3.70. The Kier molecular flexibility index (Phi) is 2.72. The fourth-order valence-electron chi connectivity index (χ4n) is 3.37. The third-order valence-electron chi connectivity index (χ3n) is 4.40. The van der Waals surface area contributed by atoms with E-state index in [1.54, 1.807) is 0 Å². The average Bonchev–Trinajstić information content (AvgIpc) is 2.70. The van der Waals surface area contributed by atoms with E-state index in [9.17, 15) is 5.11 Å². The van der Waals surface area contributed by atoms with Crippen LogP contribution in [0.5, 0.6) is 0 Å². The van der Waals surface area contributed by atoms with Crippen molar-refractivity contribution in [3.8, 4) is 0 Å². The van der Waals surface area contributed by atoms with Crippen LogP contribution in [-0.2, 0) is 16.8 Å². The molecule has 1 saturated heterocycles. The molecule has 0 bridgehead atoms. The van der Waals surface area contributed by atoms with E-state index in [1.165, 1.54) is 16.7 Å². The maximum absolute atomic E-state index is 11.0. The predicted molar refractivity (Wildman–Crippen MR) is 66.9 cm³/mol. The van der Waals surface area contributed by atoms with Gasteiger partial charge < -0.3 is 9.84 Å². The van der Waals surface area contributed by atoms with Gasteiger partial charge in [0.05, 0.1) is 5.60 Å². The first kappa shape index (κ1) is 11.2. The second-order valence-corrected chi connectivity index (χ2v) is 5.47. The van der Waals surface area contributed by atoms with Crippen molar-refractivity contribution in [3.05, 3.63) is 34.9 Å². The lowest BCUT2D eigenvalue weighted by molar-refractivity contribution is -0.0692. The molecule has 0 radical (unpaired) electrons. The Morgan fingerprint density at radius 2 is 2.06 bits per heavy atom. The Labute approximate surface area is 103 Å². The number of fused-ring (bicyclic) bond motifs is 1. The molecule has 0 saturated carbocycles. The van der Waals surface area contributed by atoms with Crippen LogP contribution < -0.4 is 0 Å². The molecule has 1 aliphatic heterocycles. The van der Waals surface area contributed by atoms with Crippen molar-refractivity contribution < 1.29 is 9.84 Å². The van der Waals surface area contributed by atoms with Crippen LogP contribution in [0.2, 0.25) is 0 Å². The first-order valence-corrected chi connectivity index (χ1v) is 6.60. The molecule has 2 heteroatoms. The van der Waals surface area contributed by atoms with E-state index in [0.29, 0.717) is 5.92 Å². The lowest BCUT2D eigenvalue weighted by Gasteiger charge is -2.36. The van der Waals surface area contributed by atoms with Gasteiger partial charge in [0, 0.05) is 13.2 Å². The smallest absolute Gasteiger partial charge is 0.0932 e. The Balaban J connectivity index is 1.97. The second-order valence-electron chi connectivity index (χ2n) is 5.47. The largest absolute Gasteiger partial charge is 0.385 e. The highest BCUT2D eigenvalue weighted by atomic mass is 16.5. The van der Waals surface area contributed by atoms with E-state index in [-0.39, 0.29) is 0 Å². The van der Waals surface area contributed by atoms with Crippen molar-refractivity contribution in [2.24, 2.45) is 5.92 Å². The summed E-state index contributed by atoms with van der Waals surface area (Å²) in [5, 5.41) is 11.0. The normalized spacial score (nSPS) is 29.3. The predicted octanol–water partition coefficient (Wildman–Crippen LogP) is 2.56. The van der Waals surface area contributed by atoms with E-state index >= 15 is 0 Å². The highest BCUT2D eigenvalue weighted by molar-refractivity contribution is 5.40. The van der Waals surface area contributed by atoms with Crippen molar-refractivity contribution in [1.82, 2.24) is 0 Å². The Hall–Kier alpha value is -0.860. The highest BCUT2D eigenvalue weighted by Gasteiger charge is 2.43. The summed E-state index contributed by atoms with van der Waals surface area (Å²) >= 11 is 0. The maximum Gasteiger partial charge on any atom is 0.0932 e. The number of aliphatic hydroxyl groups is 1. The number of hydrogen-bond donors (Lipinski definition) is 1. The Morgan fingerprint density at radius 1 is 1.29 bits per heavy atom. The summed E-state index contributed by atoms with van der Waals surface area (Å²) in [4.78, 5) is 0. The average molecular weight is 232 g/mol. The minimum atomic E-state index is -0.592. The summed E-state index contributed by atoms with van der Waals surface area (Å²) in [5.74, 6) is 0.374. The first-order valence-electron chi connectivity index (χ1n) is 6.60. The highest BCUT2D eigenvalue weighted by Crippen LogP contribution is 2.45. The van der Waals surface area contributed by atoms with Crippen LogP contribution in [0.3, 0.4) is 0 Å². The van der Waals surface area contributed by atoms with Crippen LogP contribution in [0.1, 0.15) is 36.0 Å². The molecule has 1 aromatic carbocycles. The fourth-order valence-corrected chi connectivity index (χ4v) is 3.37. The summed E-state index contributed by atoms with van der Waals surface area (Å²) in [5.41, 5.74) is 3.18. The van der Waals surface area contributed by atoms with E-state index < -0.39 is 5.60 Å². The number of rotatable bonds is 1. The van der Waals surface area contributed by atoms with Gasteiger partial charge in [-0.25, -0.2) is 0 Å². The monoisotopic (exact) mass is 232 g/mol. The Morgan fingerprint density at radius 3 is 2.82 bits per heavy atom. The van der Waals surface area contributed by atoms with Gasteiger partial charge in [0.1, 0.15) is 0 Å². The molecule has 3 rings (SSSR count). The zero-order valence-electron chi connectivity index (χ0n) is 10.4. The van der Waals surface area contributed by atoms with Gasteiger partial charge in [0.25, 0.3) is 0 Å². The molecule has 1 unspecified atom stereocenters. The van der Waals surface area contributed by atoms with Crippen LogP contribution in [-0.4, -0.2) is 18.3 Å². The quantitative estimate of drug-likeness (QED) is 0.806. The molecule has 92 valence electrons. The minimum Gasteiger partial charge on any atom is -0.385 e. The van der Waals surface area contributed by atoms with Gasteiger partial charge in [-0.05, 0) is 49.7 Å². The summed E-state index contributed by atoms with van der Waals surface area (Å²) in [6.07, 6.45) is 3.88. The van der Waals surface area contributed by atoms with Crippen molar-refractivity contribution in [2.75, 3.05) is 13.2 Å². The van der Waals surface area contributed by atoms with E-state index in [4.69, 9.17) is 4.74 Å². The van der Waals surface area contributed by atoms with Crippen molar-refractivity contribution in [3.63, 3.8) is 0 Å². The minimum absolute atomic E-state index is 0.374. The van der Waals surface area contributed by atoms with Gasteiger partial charge in [-0.2, -0.15) is 0 Å². The number of aryl methyl sites for hydroxylation is 2. The molecule has 17 heavy (non-hydrogen) atoms. The van der Waals surface area contributed by atoms with Gasteiger partial charge in [0.15, 0.2) is 0 Å². The molecule has 1 aliphatic carbocycles. The molecular formula is C15H20O2. The zero-order valence-corrected chi connectivity index (χ0v) is 10.4. The van der Waals surface area contributed by atoms with Crippen molar-refractivity contribution >= 4 is 0 Å². The van der Waals surface area contributed by atoms with Gasteiger partial charge in [-0.3, -0.25) is 0 Å². The van der Waals surface area contributed by atoms with Crippen molar-refractivity contribution in [2.45, 2.75) is 38.2 Å². The van der Waals surface area contributed by atoms with Crippen LogP contribution in [0.4, 0.5) is 0 Å². The van der Waals surface area contributed by atoms with Gasteiger partial charge in [-0.1, -0.05) is 23.8 Å². The molecule has 1 aromatic rings. The number of benzene rings is 1. The molecule has 2 aliphatic rings. The first-order chi connectivity index (χ1) is 8.20. The topological polar surface area (TPSA) is 29.5 Å². The third-order valence-corrected chi connectivity index (χ3v) is 4.40. The molecule has 1 heterocycles. The lowest BCUT2D eigenvalue weighted by atomic mass is 9.78. The van der Waals surface area contributed by atoms with Gasteiger partial charge in [-0.15, -0.1) is 0 Å². The van der Waals surface area contributed by atoms with Crippen molar-refractivity contribution in [1.29, 1.82) is 0 Å². The second kappa shape index (κ2) is 4.11. The molecule has 1 atom stereocenters. The van der Waals surface area contributed by atoms with Crippen LogP contribution >= 0.6 is 0 Å². The lowest BCUT2D eigenvalue weighted by Crippen LogP contribution is -2.36. The van der Waals surface area contributed by atoms with Gasteiger partial charge in [0.2, 0.25) is 0 Å². The summed E-state index contributed by atoms with van der Waals surface area (Å²) in [6, 6.07) is 6.51. The van der Waals surface area contributed by atoms with E-state index in [2.05, 4.69) is 25.1 Å². The molecule has 1 fully saturated rings. The van der Waals surface area contributed by atoms with E-state index in [1.807, 2.05) is 0 Å². The Bertz CT molecular complexity index is 421. The van der Waals surface area contributed by atoms with Crippen LogP contribution in [0.15, 0.2) is 18.2 Å². The zero-order chi connectivity index (χ0) is 11.9. The number of hydrogen-bond acceptors (Lipinski definition) is 2. The maximum atomic E-state index is 11.0. The summed E-state index contributed by atoms with van der Waals surface area (Å²) < 4.78 is 5.40. The molecule has 0 aromatic heterocycles. The molecular weight excluding hydrogens is 212 g/mol. The van der Waals surface area contributed by atoms with Crippen LogP contribution in [0, 0.1) is 12.8 Å². The van der Waals surface area contributed by atoms with Crippen LogP contribution in [0.25, 0.3) is 0 Å². The fraction of sp³-hybridized carbons (Fsp3) is 0.600. The molecule has 2 nitrogen and oxygen atoms in total. The molecule has 1 N–H and O–H groups in total. The number of ether oxygens (including phenoxy) is 1. The standard InChI is InChI=1S/C15H20O2/c1-11-2-3-12-4-7-15(16,14(12)10-11)13-5-8-17-9-6-13/h2-3,10,13,16H,4-9H2,1H3. The van der Waals surface area contributed by atoms with E-state index in [0.717, 1.165) is 38.9 Å². The summed E-state index contributed by atoms with van der Waals surface area (Å²) in [7, 11) is 0. The molecule has 0 spiro atoms. The van der Waals surface area contributed by atoms with Gasteiger partial charge >= 0.3 is 0 Å². The molecule has 0 amide bonds. The third kappa shape index (κ3) is 1.80.